The van der Waals surface area contributed by atoms with Crippen molar-refractivity contribution in [2.75, 3.05) is 18.9 Å². The number of carbonyl (C=O) groups excluding carboxylic acids is 1. The van der Waals surface area contributed by atoms with Gasteiger partial charge in [0.15, 0.2) is 12.4 Å². The monoisotopic (exact) mass is 527 g/mol. The summed E-state index contributed by atoms with van der Waals surface area (Å²) in [6, 6.07) is 5.84. The van der Waals surface area contributed by atoms with Gasteiger partial charge in [-0.25, -0.2) is 4.57 Å². The third-order valence-electron chi connectivity index (χ3n) is 9.98. The second-order valence-corrected chi connectivity index (χ2v) is 12.5. The zero-order valence-corrected chi connectivity index (χ0v) is 23.2. The first-order chi connectivity index (χ1) is 18.4. The summed E-state index contributed by atoms with van der Waals surface area (Å²) in [6.45, 7) is 1.06. The van der Waals surface area contributed by atoms with Crippen molar-refractivity contribution in [3.05, 3.63) is 34.6 Å². The number of anilines is 1. The summed E-state index contributed by atoms with van der Waals surface area (Å²) in [5.41, 5.74) is 1.16. The molecule has 4 aliphatic rings. The van der Waals surface area contributed by atoms with Crippen molar-refractivity contribution in [3.8, 4) is 0 Å². The van der Waals surface area contributed by atoms with Crippen LogP contribution >= 0.6 is 0 Å². The molecular formula is C29H47N6O3+. The molecule has 3 aliphatic carbocycles. The molecule has 3 N–H and O–H groups in total. The van der Waals surface area contributed by atoms with Gasteiger partial charge in [0.1, 0.15) is 7.05 Å². The van der Waals surface area contributed by atoms with Gasteiger partial charge in [-0.3, -0.25) is 14.9 Å². The lowest BCUT2D eigenvalue weighted by molar-refractivity contribution is -0.671. The van der Waals surface area contributed by atoms with Crippen LogP contribution in [0.2, 0.25) is 0 Å². The molecule has 1 aliphatic heterocycles. The fourth-order valence-corrected chi connectivity index (χ4v) is 7.63. The van der Waals surface area contributed by atoms with Gasteiger partial charge in [-0.1, -0.05) is 0 Å². The highest BCUT2D eigenvalue weighted by Gasteiger charge is 2.44. The lowest BCUT2D eigenvalue weighted by Crippen LogP contribution is -2.59. The first-order valence-electron chi connectivity index (χ1n) is 15.0. The zero-order chi connectivity index (χ0) is 26.6. The molecule has 0 bridgehead atoms. The van der Waals surface area contributed by atoms with Gasteiger partial charge < -0.3 is 20.9 Å². The maximum atomic E-state index is 13.1. The molecule has 9 heteroatoms. The normalized spacial score (nSPS) is 36.2. The number of aromatic nitrogens is 1. The van der Waals surface area contributed by atoms with Crippen LogP contribution in [0.4, 0.5) is 5.69 Å². The van der Waals surface area contributed by atoms with Crippen molar-refractivity contribution in [2.45, 2.75) is 113 Å². The van der Waals surface area contributed by atoms with Gasteiger partial charge in [0.25, 0.3) is 0 Å². The Bertz CT molecular complexity index is 942. The molecule has 4 fully saturated rings. The summed E-state index contributed by atoms with van der Waals surface area (Å²) in [4.78, 5) is 26.9. The van der Waals surface area contributed by atoms with Crippen LogP contribution in [0.5, 0.6) is 0 Å². The molecule has 210 valence electrons. The predicted molar refractivity (Wildman–Crippen MR) is 147 cm³/mol. The van der Waals surface area contributed by atoms with Crippen molar-refractivity contribution in [1.82, 2.24) is 15.5 Å². The number of nitrogens with zero attached hydrogens (tertiary/aromatic N) is 3. The zero-order valence-electron chi connectivity index (χ0n) is 23.2. The van der Waals surface area contributed by atoms with E-state index in [2.05, 4.69) is 52.4 Å². The summed E-state index contributed by atoms with van der Waals surface area (Å²) in [6.07, 6.45) is 15.6. The minimum Gasteiger partial charge on any atom is -0.382 e. The fourth-order valence-electron chi connectivity index (χ4n) is 7.63. The van der Waals surface area contributed by atoms with E-state index in [1.165, 1.54) is 0 Å². The topological polar surface area (TPSA) is 103 Å². The van der Waals surface area contributed by atoms with E-state index in [4.69, 9.17) is 0 Å². The number of pyridine rings is 1. The van der Waals surface area contributed by atoms with Crippen LogP contribution in [0, 0.1) is 22.0 Å². The van der Waals surface area contributed by atoms with Gasteiger partial charge in [-0.2, -0.15) is 0 Å². The molecule has 0 radical (unpaired) electrons. The standard InChI is InChI=1S/C29H46N6O3/c1-33-16-13-24(14-17-33)30-21-7-9-23(10-8-21)32-29(36)20-3-5-22(6-4-20)31-27-15-18-34(2)28-12-11-25(35(37)38)19-26(27)28/h13-14,16-17,20-23,25-28,31H,3-12,15,18-19H2,1-2H3,(H,32,36)/p+1. The van der Waals surface area contributed by atoms with E-state index in [-0.39, 0.29) is 22.8 Å². The number of hydrogen-bond donors (Lipinski definition) is 3. The number of rotatable bonds is 7. The minimum atomic E-state index is -0.390. The van der Waals surface area contributed by atoms with Crippen molar-refractivity contribution in [1.29, 1.82) is 0 Å². The molecule has 1 aromatic rings. The summed E-state index contributed by atoms with van der Waals surface area (Å²) in [5, 5.41) is 22.4. The number of likely N-dealkylation sites (tertiary alicyclic amines) is 1. The van der Waals surface area contributed by atoms with Crippen molar-refractivity contribution >= 4 is 11.6 Å². The Morgan fingerprint density at radius 1 is 0.947 bits per heavy atom. The Morgan fingerprint density at radius 2 is 1.61 bits per heavy atom. The number of fused-ring (bicyclic) bond motifs is 1. The lowest BCUT2D eigenvalue weighted by atomic mass is 9.73. The molecule has 1 amide bonds. The van der Waals surface area contributed by atoms with E-state index in [9.17, 15) is 14.9 Å². The van der Waals surface area contributed by atoms with Crippen LogP contribution in [-0.2, 0) is 11.8 Å². The second kappa shape index (κ2) is 12.3. The summed E-state index contributed by atoms with van der Waals surface area (Å²) >= 11 is 0. The summed E-state index contributed by atoms with van der Waals surface area (Å²) in [5.74, 6) is 0.719. The number of nitrogens with one attached hydrogen (secondary N) is 3. The van der Waals surface area contributed by atoms with E-state index in [0.29, 0.717) is 49.0 Å². The van der Waals surface area contributed by atoms with Gasteiger partial charge >= 0.3 is 0 Å². The molecule has 9 nitrogen and oxygen atoms in total. The lowest BCUT2D eigenvalue weighted by Gasteiger charge is -2.48. The smallest absolute Gasteiger partial charge is 0.223 e. The number of nitro groups is 1. The SMILES string of the molecule is CN1CCC(NC2CCC(C(=O)NC3CCC(Nc4cc[n+](C)cc4)CC3)CC2)C2CC([N+](=O)[O-])CCC21. The molecule has 1 saturated heterocycles. The first kappa shape index (κ1) is 27.3. The van der Waals surface area contributed by atoms with Crippen LogP contribution in [0.1, 0.15) is 77.0 Å². The maximum Gasteiger partial charge on any atom is 0.223 e. The number of amides is 1. The van der Waals surface area contributed by atoms with Crippen LogP contribution in [0.25, 0.3) is 0 Å². The molecule has 3 saturated carbocycles. The molecular weight excluding hydrogens is 480 g/mol. The van der Waals surface area contributed by atoms with Crippen molar-refractivity contribution in [2.24, 2.45) is 18.9 Å². The Kier molecular flexibility index (Phi) is 8.83. The van der Waals surface area contributed by atoms with E-state index in [1.807, 2.05) is 11.6 Å². The molecule has 0 aromatic carbocycles. The van der Waals surface area contributed by atoms with Crippen molar-refractivity contribution in [3.63, 3.8) is 0 Å². The third-order valence-corrected chi connectivity index (χ3v) is 9.98. The van der Waals surface area contributed by atoms with Gasteiger partial charge in [0, 0.05) is 71.7 Å². The highest BCUT2D eigenvalue weighted by molar-refractivity contribution is 5.79. The average Bonchev–Trinajstić information content (AvgIpc) is 2.93. The molecule has 4 unspecified atom stereocenters. The molecule has 5 rings (SSSR count). The van der Waals surface area contributed by atoms with Crippen molar-refractivity contribution < 1.29 is 14.3 Å². The Hall–Kier alpha value is -2.26. The molecule has 38 heavy (non-hydrogen) atoms. The number of aryl methyl sites for hydroxylation is 1. The summed E-state index contributed by atoms with van der Waals surface area (Å²) < 4.78 is 2.04. The van der Waals surface area contributed by atoms with E-state index >= 15 is 0 Å². The van der Waals surface area contributed by atoms with Crippen LogP contribution < -0.4 is 20.5 Å². The van der Waals surface area contributed by atoms with Crippen LogP contribution in [0.3, 0.4) is 0 Å². The minimum absolute atomic E-state index is 0.0576. The Balaban J connectivity index is 1.03. The highest BCUT2D eigenvalue weighted by Crippen LogP contribution is 2.37. The van der Waals surface area contributed by atoms with Crippen LogP contribution in [-0.4, -0.2) is 65.6 Å². The maximum absolute atomic E-state index is 13.1. The second-order valence-electron chi connectivity index (χ2n) is 12.5. The van der Waals surface area contributed by atoms with Gasteiger partial charge in [-0.05, 0) is 83.7 Å². The Labute approximate surface area is 227 Å². The summed E-state index contributed by atoms with van der Waals surface area (Å²) in [7, 11) is 4.20. The number of hydrogen-bond acceptors (Lipinski definition) is 6. The number of piperidine rings is 1. The average molecular weight is 528 g/mol. The third kappa shape index (κ3) is 6.65. The Morgan fingerprint density at radius 3 is 2.29 bits per heavy atom. The highest BCUT2D eigenvalue weighted by atomic mass is 16.6. The van der Waals surface area contributed by atoms with Crippen LogP contribution in [0.15, 0.2) is 24.5 Å². The fraction of sp³-hybridized carbons (Fsp3) is 0.793. The van der Waals surface area contributed by atoms with Gasteiger partial charge in [0.05, 0.1) is 0 Å². The van der Waals surface area contributed by atoms with Gasteiger partial charge in [-0.15, -0.1) is 0 Å². The quantitative estimate of drug-likeness (QED) is 0.286. The van der Waals surface area contributed by atoms with E-state index < -0.39 is 0 Å². The molecule has 4 atom stereocenters. The largest absolute Gasteiger partial charge is 0.382 e. The molecule has 1 aromatic heterocycles. The predicted octanol–water partition coefficient (Wildman–Crippen LogP) is 3.02. The molecule has 2 heterocycles. The number of carbonyl (C=O) groups is 1. The van der Waals surface area contributed by atoms with E-state index in [1.54, 1.807) is 0 Å². The molecule has 0 spiro atoms. The van der Waals surface area contributed by atoms with Gasteiger partial charge in [0.2, 0.25) is 11.9 Å². The first-order valence-corrected chi connectivity index (χ1v) is 15.0. The van der Waals surface area contributed by atoms with E-state index in [0.717, 1.165) is 76.4 Å².